The van der Waals surface area contributed by atoms with Crippen LogP contribution in [0.2, 0.25) is 0 Å². The van der Waals surface area contributed by atoms with Gasteiger partial charge in [-0.25, -0.2) is 0 Å². The summed E-state index contributed by atoms with van der Waals surface area (Å²) in [5.41, 5.74) is 6.38. The molecular weight excluding hydrogens is 640 g/mol. The first kappa shape index (κ1) is 33.1. The van der Waals surface area contributed by atoms with Crippen LogP contribution in [0.15, 0.2) is 96.7 Å². The largest absolute Gasteiger partial charge is 1.00 e. The fourth-order valence-electron chi connectivity index (χ4n) is 7.39. The van der Waals surface area contributed by atoms with Gasteiger partial charge < -0.3 is 31.4 Å². The van der Waals surface area contributed by atoms with Crippen LogP contribution in [0.3, 0.4) is 0 Å². The number of ether oxygens (including phenoxy) is 2. The highest BCUT2D eigenvalue weighted by molar-refractivity contribution is 6.07. The zero-order valence-corrected chi connectivity index (χ0v) is 29.0. The lowest BCUT2D eigenvalue weighted by atomic mass is 9.79. The van der Waals surface area contributed by atoms with Gasteiger partial charge in [0, 0.05) is 41.1 Å². The number of carbonyl (C=O) groups is 2. The zero-order chi connectivity index (χ0) is 31.9. The number of hydrogen-bond donors (Lipinski definition) is 0. The van der Waals surface area contributed by atoms with Crippen LogP contribution in [-0.2, 0) is 29.9 Å². The summed E-state index contributed by atoms with van der Waals surface area (Å²) in [4.78, 5) is 26.8. The van der Waals surface area contributed by atoms with E-state index >= 15 is 0 Å². The number of esters is 2. The number of allylic oxidation sites excluding steroid dienone is 4. The van der Waals surface area contributed by atoms with Gasteiger partial charge in [0.15, 0.2) is 12.3 Å². The van der Waals surface area contributed by atoms with E-state index in [0.717, 1.165) is 22.8 Å². The van der Waals surface area contributed by atoms with E-state index in [1.165, 1.54) is 46.9 Å². The zero-order valence-electron chi connectivity index (χ0n) is 27.4. The van der Waals surface area contributed by atoms with E-state index in [4.69, 9.17) is 9.47 Å². The van der Waals surface area contributed by atoms with Crippen molar-refractivity contribution in [3.05, 3.63) is 108 Å². The van der Waals surface area contributed by atoms with Gasteiger partial charge in [-0.05, 0) is 59.2 Å². The molecule has 6 nitrogen and oxygen atoms in total. The Kier molecular flexibility index (Phi) is 9.28. The molecule has 7 heteroatoms. The number of carbonyl (C=O) groups excluding carboxylic acids is 2. The Labute approximate surface area is 281 Å². The number of nitrogens with zero attached hydrogens (tertiary/aromatic N) is 2. The summed E-state index contributed by atoms with van der Waals surface area (Å²) < 4.78 is 12.3. The highest BCUT2D eigenvalue weighted by atomic mass is 79.9. The number of fused-ring (bicyclic) bond motifs is 6. The van der Waals surface area contributed by atoms with E-state index in [-0.39, 0.29) is 52.6 Å². The Morgan fingerprint density at radius 1 is 0.761 bits per heavy atom. The van der Waals surface area contributed by atoms with Crippen molar-refractivity contribution in [3.8, 4) is 0 Å². The molecule has 0 fully saturated rings. The molecule has 0 bridgehead atoms. The van der Waals surface area contributed by atoms with Gasteiger partial charge in [0.25, 0.3) is 0 Å². The second kappa shape index (κ2) is 12.9. The molecule has 0 saturated heterocycles. The van der Waals surface area contributed by atoms with E-state index in [1.807, 2.05) is 0 Å². The summed E-state index contributed by atoms with van der Waals surface area (Å²) in [5, 5.41) is 4.84. The minimum Gasteiger partial charge on any atom is -1.00 e. The first-order chi connectivity index (χ1) is 21.6. The molecule has 0 aromatic heterocycles. The van der Waals surface area contributed by atoms with Crippen molar-refractivity contribution in [1.29, 1.82) is 0 Å². The third-order valence-electron chi connectivity index (χ3n) is 9.55. The molecule has 0 amide bonds. The lowest BCUT2D eigenvalue weighted by Gasteiger charge is -2.27. The van der Waals surface area contributed by atoms with Crippen LogP contribution in [0.25, 0.3) is 21.5 Å². The van der Waals surface area contributed by atoms with Gasteiger partial charge in [0.05, 0.1) is 26.1 Å². The summed E-state index contributed by atoms with van der Waals surface area (Å²) >= 11 is 0. The van der Waals surface area contributed by atoms with Crippen LogP contribution in [-0.4, -0.2) is 49.5 Å². The van der Waals surface area contributed by atoms with Crippen molar-refractivity contribution in [2.24, 2.45) is 0 Å². The molecule has 2 heterocycles. The molecule has 0 spiro atoms. The van der Waals surface area contributed by atoms with Gasteiger partial charge in [0.2, 0.25) is 5.69 Å². The Bertz CT molecular complexity index is 1940. The smallest absolute Gasteiger partial charge is 0.311 e. The van der Waals surface area contributed by atoms with Crippen molar-refractivity contribution >= 4 is 50.6 Å². The quantitative estimate of drug-likeness (QED) is 0.199. The average molecular weight is 682 g/mol. The van der Waals surface area contributed by atoms with E-state index in [9.17, 15) is 9.59 Å². The molecule has 0 N–H and O–H groups in total. The number of benzene rings is 4. The number of anilines is 1. The first-order valence-corrected chi connectivity index (χ1v) is 15.6. The molecule has 46 heavy (non-hydrogen) atoms. The standard InChI is InChI=1S/C39H41N2O4.BrH/c1-38(2)32(40(24-22-34(42)44-5)30-20-18-26-12-7-9-14-28(26)36(30)38)16-11-17-33-39(3,4)37-29-15-10-8-13-27(29)19-21-31(37)41(33)25-23-35(43)45-6;/h7-21H,22-25H2,1-6H3;1H/q+1;/p-1. The molecule has 4 aromatic carbocycles. The Hall–Kier alpha value is -4.23. The van der Waals surface area contributed by atoms with Gasteiger partial charge in [-0.1, -0.05) is 74.5 Å². The molecule has 2 aliphatic rings. The van der Waals surface area contributed by atoms with Gasteiger partial charge in [0.1, 0.15) is 6.42 Å². The molecule has 238 valence electrons. The molecule has 0 atom stereocenters. The van der Waals surface area contributed by atoms with Crippen LogP contribution in [0.5, 0.6) is 0 Å². The monoisotopic (exact) mass is 680 g/mol. The SMILES string of the molecule is COC(=O)CCN1/C(=C\C=C\C2=[N+](CCC(=O)OC)c3ccc4ccccc4c3C2(C)C)C(C)(C)c2c1ccc1ccccc21.[Br-]. The maximum atomic E-state index is 12.3. The normalized spacial score (nSPS) is 17.0. The minimum atomic E-state index is -0.309. The third-order valence-corrected chi connectivity index (χ3v) is 9.55. The van der Waals surface area contributed by atoms with Crippen LogP contribution in [0.4, 0.5) is 11.4 Å². The number of methoxy groups -OCH3 is 2. The summed E-state index contributed by atoms with van der Waals surface area (Å²) in [6.07, 6.45) is 7.08. The Balaban J connectivity index is 0.00000417. The fraction of sp³-hybridized carbons (Fsp3) is 0.308. The second-order valence-electron chi connectivity index (χ2n) is 12.9. The third kappa shape index (κ3) is 5.55. The van der Waals surface area contributed by atoms with Crippen LogP contribution >= 0.6 is 0 Å². The minimum absolute atomic E-state index is 0. The van der Waals surface area contributed by atoms with Crippen LogP contribution in [0.1, 0.15) is 51.7 Å². The van der Waals surface area contributed by atoms with Gasteiger partial charge in [-0.3, -0.25) is 9.59 Å². The van der Waals surface area contributed by atoms with Crippen LogP contribution < -0.4 is 21.9 Å². The second-order valence-corrected chi connectivity index (χ2v) is 12.9. The molecule has 0 aliphatic carbocycles. The van der Waals surface area contributed by atoms with Crippen molar-refractivity contribution < 1.29 is 40.6 Å². The highest BCUT2D eigenvalue weighted by Gasteiger charge is 2.46. The average Bonchev–Trinajstić information content (AvgIpc) is 3.40. The predicted octanol–water partition coefficient (Wildman–Crippen LogP) is 4.74. The lowest BCUT2D eigenvalue weighted by molar-refractivity contribution is -0.436. The fourth-order valence-corrected chi connectivity index (χ4v) is 7.39. The number of halogens is 1. The maximum absolute atomic E-state index is 12.3. The first-order valence-electron chi connectivity index (χ1n) is 15.6. The van der Waals surface area contributed by atoms with Crippen molar-refractivity contribution in [2.75, 3.05) is 32.2 Å². The number of hydrogen-bond acceptors (Lipinski definition) is 5. The maximum Gasteiger partial charge on any atom is 0.311 e. The summed E-state index contributed by atoms with van der Waals surface area (Å²) in [7, 11) is 2.87. The van der Waals surface area contributed by atoms with E-state index < -0.39 is 0 Å². The van der Waals surface area contributed by atoms with E-state index in [1.54, 1.807) is 0 Å². The van der Waals surface area contributed by atoms with Crippen molar-refractivity contribution in [2.45, 2.75) is 51.4 Å². The number of rotatable bonds is 8. The van der Waals surface area contributed by atoms with E-state index in [2.05, 4.69) is 128 Å². The summed E-state index contributed by atoms with van der Waals surface area (Å²) in [6.45, 7) is 10.1. The molecule has 0 radical (unpaired) electrons. The molecule has 2 aliphatic heterocycles. The van der Waals surface area contributed by atoms with Crippen LogP contribution in [0, 0.1) is 0 Å². The summed E-state index contributed by atoms with van der Waals surface area (Å²) in [5.74, 6) is -0.460. The van der Waals surface area contributed by atoms with Gasteiger partial charge in [-0.2, -0.15) is 4.58 Å². The Morgan fingerprint density at radius 2 is 1.35 bits per heavy atom. The molecule has 6 rings (SSSR count). The van der Waals surface area contributed by atoms with Crippen molar-refractivity contribution in [3.63, 3.8) is 0 Å². The summed E-state index contributed by atoms with van der Waals surface area (Å²) in [6, 6.07) is 25.6. The van der Waals surface area contributed by atoms with Gasteiger partial charge in [-0.15, -0.1) is 0 Å². The van der Waals surface area contributed by atoms with Gasteiger partial charge >= 0.3 is 11.9 Å². The van der Waals surface area contributed by atoms with E-state index in [0.29, 0.717) is 13.1 Å². The molecule has 0 saturated carbocycles. The van der Waals surface area contributed by atoms with Crippen molar-refractivity contribution in [1.82, 2.24) is 0 Å². The highest BCUT2D eigenvalue weighted by Crippen LogP contribution is 2.51. The Morgan fingerprint density at radius 3 is 2.00 bits per heavy atom. The predicted molar refractivity (Wildman–Crippen MR) is 182 cm³/mol. The molecule has 0 unspecified atom stereocenters. The molecular formula is C39H41BrN2O4. The topological polar surface area (TPSA) is 58.8 Å². The molecule has 4 aromatic rings. The lowest BCUT2D eigenvalue weighted by Crippen LogP contribution is -3.00.